The SMILES string of the molecule is CCO.O=[N+]([O-])O.O=[N+]([O-])O.O=[N+]([O-])O.OCC(O)CO. The van der Waals surface area contributed by atoms with Crippen molar-refractivity contribution in [2.75, 3.05) is 19.8 Å². The van der Waals surface area contributed by atoms with Crippen LogP contribution in [0.2, 0.25) is 0 Å². The van der Waals surface area contributed by atoms with E-state index in [2.05, 4.69) is 0 Å². The lowest BCUT2D eigenvalue weighted by Gasteiger charge is -1.96. The van der Waals surface area contributed by atoms with Crippen LogP contribution in [-0.4, -0.2) is 77.2 Å². The van der Waals surface area contributed by atoms with Crippen molar-refractivity contribution in [3.8, 4) is 0 Å². The first-order valence-corrected chi connectivity index (χ1v) is 4.43. The molecule has 0 aromatic carbocycles. The average Bonchev–Trinajstić information content (AvgIpc) is 2.26. The van der Waals surface area contributed by atoms with E-state index >= 15 is 0 Å². The van der Waals surface area contributed by atoms with E-state index < -0.39 is 21.4 Å². The maximum Gasteiger partial charge on any atom is 0.291 e. The standard InChI is InChI=1S/C3H8O3.C2H6O.3HNO3/c4-1-3(6)2-5;1-2-3;3*2-1(3)4/h3-6H,1-2H2;3H,2H2,1H3;3*(H,2,3,4). The Morgan fingerprint density at radius 3 is 0.905 bits per heavy atom. The molecule has 0 aromatic heterocycles. The molecule has 0 aliphatic rings. The summed E-state index contributed by atoms with van der Waals surface area (Å²) in [5, 5.41) is 72.5. The van der Waals surface area contributed by atoms with Crippen LogP contribution in [0.25, 0.3) is 0 Å². The molecule has 0 saturated carbocycles. The summed E-state index contributed by atoms with van der Waals surface area (Å²) in [6.07, 6.45) is -0.954. The lowest BCUT2D eigenvalue weighted by Crippen LogP contribution is -2.15. The van der Waals surface area contributed by atoms with Crippen LogP contribution in [0.4, 0.5) is 0 Å². The normalized spacial score (nSPS) is 7.14. The molecule has 0 heterocycles. The van der Waals surface area contributed by atoms with Crippen LogP contribution < -0.4 is 0 Å². The summed E-state index contributed by atoms with van der Waals surface area (Å²) in [5.41, 5.74) is 0. The third kappa shape index (κ3) is 2010. The zero-order chi connectivity index (χ0) is 18.4. The number of rotatable bonds is 2. The van der Waals surface area contributed by atoms with Gasteiger partial charge in [-0.3, -0.25) is 0 Å². The summed E-state index contributed by atoms with van der Waals surface area (Å²) in [5.74, 6) is 0. The molecule has 0 rings (SSSR count). The predicted octanol–water partition coefficient (Wildman–Crippen LogP) is -2.71. The molecule has 0 amide bonds. The van der Waals surface area contributed by atoms with Crippen molar-refractivity contribution in [1.29, 1.82) is 0 Å². The van der Waals surface area contributed by atoms with Crippen LogP contribution in [-0.2, 0) is 0 Å². The van der Waals surface area contributed by atoms with Crippen LogP contribution in [0, 0.1) is 30.3 Å². The predicted molar refractivity (Wildman–Crippen MR) is 59.3 cm³/mol. The minimum atomic E-state index is -1.50. The summed E-state index contributed by atoms with van der Waals surface area (Å²) >= 11 is 0. The molecule has 0 saturated heterocycles. The molecule has 16 nitrogen and oxygen atoms in total. The molecule has 0 aliphatic carbocycles. The number of nitrogens with zero attached hydrogens (tertiary/aromatic N) is 3. The van der Waals surface area contributed by atoms with Gasteiger partial charge in [-0.05, 0) is 6.92 Å². The van der Waals surface area contributed by atoms with Gasteiger partial charge in [0.2, 0.25) is 0 Å². The Morgan fingerprint density at radius 1 is 0.810 bits per heavy atom. The van der Waals surface area contributed by atoms with E-state index in [-0.39, 0.29) is 19.8 Å². The Labute approximate surface area is 116 Å². The molecule has 21 heavy (non-hydrogen) atoms. The molecule has 0 unspecified atom stereocenters. The van der Waals surface area contributed by atoms with E-state index in [9.17, 15) is 0 Å². The summed E-state index contributed by atoms with van der Waals surface area (Å²) in [4.78, 5) is 25.1. The fourth-order valence-electron chi connectivity index (χ4n) is 0.0577. The molecule has 130 valence electrons. The lowest BCUT2D eigenvalue weighted by molar-refractivity contribution is -0.742. The van der Waals surface area contributed by atoms with Crippen LogP contribution in [0.1, 0.15) is 6.92 Å². The van der Waals surface area contributed by atoms with Gasteiger partial charge < -0.3 is 36.0 Å². The van der Waals surface area contributed by atoms with Crippen molar-refractivity contribution in [2.24, 2.45) is 0 Å². The molecule has 0 atom stereocenters. The van der Waals surface area contributed by atoms with E-state index in [4.69, 9.17) is 66.4 Å². The van der Waals surface area contributed by atoms with Crippen molar-refractivity contribution in [3.05, 3.63) is 30.3 Å². The summed E-state index contributed by atoms with van der Waals surface area (Å²) in [6.45, 7) is 1.20. The number of hydrogen-bond acceptors (Lipinski definition) is 10. The first-order valence-electron chi connectivity index (χ1n) is 4.43. The summed E-state index contributed by atoms with van der Waals surface area (Å²) < 4.78 is 0. The Balaban J connectivity index is -0.0000000519. The van der Waals surface area contributed by atoms with Gasteiger partial charge in [0.1, 0.15) is 6.10 Å². The van der Waals surface area contributed by atoms with E-state index in [0.717, 1.165) is 0 Å². The zero-order valence-electron chi connectivity index (χ0n) is 10.6. The second-order valence-electron chi connectivity index (χ2n) is 2.05. The van der Waals surface area contributed by atoms with Gasteiger partial charge in [-0.15, -0.1) is 30.3 Å². The van der Waals surface area contributed by atoms with Crippen molar-refractivity contribution in [2.45, 2.75) is 13.0 Å². The largest absolute Gasteiger partial charge is 0.397 e. The molecule has 0 aliphatic heterocycles. The molecular formula is C5H17N3O13. The van der Waals surface area contributed by atoms with Crippen LogP contribution >= 0.6 is 0 Å². The van der Waals surface area contributed by atoms with Crippen molar-refractivity contribution in [3.63, 3.8) is 0 Å². The minimum Gasteiger partial charge on any atom is -0.397 e. The van der Waals surface area contributed by atoms with Gasteiger partial charge in [0.25, 0.3) is 15.3 Å². The highest BCUT2D eigenvalue weighted by molar-refractivity contribution is 4.43. The van der Waals surface area contributed by atoms with Gasteiger partial charge in [-0.25, -0.2) is 0 Å². The van der Waals surface area contributed by atoms with Crippen LogP contribution in [0.5, 0.6) is 0 Å². The quantitative estimate of drug-likeness (QED) is 0.201. The Hall–Kier alpha value is -2.56. The van der Waals surface area contributed by atoms with Gasteiger partial charge in [0.15, 0.2) is 0 Å². The lowest BCUT2D eigenvalue weighted by atomic mass is 10.4. The third-order valence-corrected chi connectivity index (χ3v) is 0.421. The van der Waals surface area contributed by atoms with Crippen molar-refractivity contribution in [1.82, 2.24) is 0 Å². The maximum atomic E-state index is 8.36. The fourth-order valence-corrected chi connectivity index (χ4v) is 0.0577. The number of aliphatic hydroxyl groups excluding tert-OH is 4. The minimum absolute atomic E-state index is 0.250. The van der Waals surface area contributed by atoms with Gasteiger partial charge in [0.05, 0.1) is 13.2 Å². The molecule has 0 bridgehead atoms. The maximum absolute atomic E-state index is 8.36. The smallest absolute Gasteiger partial charge is 0.291 e. The van der Waals surface area contributed by atoms with Crippen LogP contribution in [0.3, 0.4) is 0 Å². The highest BCUT2D eigenvalue weighted by atomic mass is 16.9. The van der Waals surface area contributed by atoms with Crippen molar-refractivity contribution >= 4 is 0 Å². The van der Waals surface area contributed by atoms with Gasteiger partial charge in [-0.2, -0.15) is 0 Å². The van der Waals surface area contributed by atoms with Gasteiger partial charge >= 0.3 is 0 Å². The second kappa shape index (κ2) is 30.5. The van der Waals surface area contributed by atoms with Gasteiger partial charge in [-0.1, -0.05) is 0 Å². The van der Waals surface area contributed by atoms with Crippen molar-refractivity contribution < 1.29 is 51.3 Å². The average molecular weight is 327 g/mol. The molecular weight excluding hydrogens is 310 g/mol. The van der Waals surface area contributed by atoms with Gasteiger partial charge in [0, 0.05) is 6.61 Å². The fraction of sp³-hybridized carbons (Fsp3) is 1.00. The third-order valence-electron chi connectivity index (χ3n) is 0.421. The topological polar surface area (TPSA) is 271 Å². The Kier molecular flexibility index (Phi) is 45.0. The highest BCUT2D eigenvalue weighted by Crippen LogP contribution is 1.71. The van der Waals surface area contributed by atoms with Crippen LogP contribution in [0.15, 0.2) is 0 Å². The molecule has 16 heteroatoms. The Morgan fingerprint density at radius 2 is 0.905 bits per heavy atom. The second-order valence-corrected chi connectivity index (χ2v) is 2.05. The molecule has 7 N–H and O–H groups in total. The zero-order valence-corrected chi connectivity index (χ0v) is 10.6. The van der Waals surface area contributed by atoms with E-state index in [1.54, 1.807) is 6.92 Å². The molecule has 0 aromatic rings. The first kappa shape index (κ1) is 31.0. The first-order chi connectivity index (χ1) is 9.42. The molecule has 0 radical (unpaired) electrons. The number of aliphatic hydroxyl groups is 4. The molecule has 0 spiro atoms. The summed E-state index contributed by atoms with van der Waals surface area (Å²) in [6, 6.07) is 0. The summed E-state index contributed by atoms with van der Waals surface area (Å²) in [7, 11) is 0. The molecule has 0 fully saturated rings. The Bertz CT molecular complexity index is 191. The van der Waals surface area contributed by atoms with E-state index in [0.29, 0.717) is 0 Å². The number of hydrogen-bond donors (Lipinski definition) is 7. The monoisotopic (exact) mass is 327 g/mol. The highest BCUT2D eigenvalue weighted by Gasteiger charge is 1.93. The van der Waals surface area contributed by atoms with E-state index in [1.165, 1.54) is 0 Å². The van der Waals surface area contributed by atoms with E-state index in [1.807, 2.05) is 0 Å².